The van der Waals surface area contributed by atoms with Crippen LogP contribution in [0.1, 0.15) is 6.42 Å². The molecular formula is C20H20N2O2S2. The van der Waals surface area contributed by atoms with Crippen LogP contribution in [0, 0.1) is 0 Å². The average Bonchev–Trinajstić information content (AvgIpc) is 2.99. The lowest BCUT2D eigenvalue weighted by Crippen LogP contribution is -2.16. The highest BCUT2D eigenvalue weighted by Gasteiger charge is 2.08. The van der Waals surface area contributed by atoms with Gasteiger partial charge in [-0.3, -0.25) is 4.79 Å². The molecule has 0 atom stereocenters. The van der Waals surface area contributed by atoms with Crippen molar-refractivity contribution in [3.05, 3.63) is 66.0 Å². The van der Waals surface area contributed by atoms with E-state index in [2.05, 4.69) is 11.6 Å². The first-order valence-electron chi connectivity index (χ1n) is 8.25. The number of hydrogen-bond acceptors (Lipinski definition) is 4. The number of carbonyl (C=O) groups is 1. The van der Waals surface area contributed by atoms with Crippen molar-refractivity contribution in [2.24, 2.45) is 4.99 Å². The highest BCUT2D eigenvalue weighted by atomic mass is 32.2. The molecule has 6 heteroatoms. The quantitative estimate of drug-likeness (QED) is 0.445. The molecule has 0 aliphatic heterocycles. The van der Waals surface area contributed by atoms with Gasteiger partial charge < -0.3 is 9.30 Å². The molecular weight excluding hydrogens is 364 g/mol. The fraction of sp³-hybridized carbons (Fsp3) is 0.200. The highest BCUT2D eigenvalue weighted by Crippen LogP contribution is 2.23. The molecule has 0 saturated carbocycles. The van der Waals surface area contributed by atoms with E-state index in [1.54, 1.807) is 18.9 Å². The van der Waals surface area contributed by atoms with Gasteiger partial charge in [-0.2, -0.15) is 4.99 Å². The number of thioether (sulfide) groups is 1. The lowest BCUT2D eigenvalue weighted by atomic mass is 10.3. The number of rotatable bonds is 7. The molecule has 4 nitrogen and oxygen atoms in total. The summed E-state index contributed by atoms with van der Waals surface area (Å²) in [5.41, 5.74) is 1.03. The number of fused-ring (bicyclic) bond motifs is 1. The molecule has 0 aliphatic rings. The Morgan fingerprint density at radius 1 is 1.31 bits per heavy atom. The molecule has 0 fully saturated rings. The van der Waals surface area contributed by atoms with Crippen LogP contribution in [-0.2, 0) is 11.3 Å². The molecule has 2 aromatic carbocycles. The number of hydrogen-bond donors (Lipinski definition) is 0. The summed E-state index contributed by atoms with van der Waals surface area (Å²) in [6, 6.07) is 15.9. The Bertz CT molecular complexity index is 974. The number of nitrogens with zero attached hydrogens (tertiary/aromatic N) is 2. The van der Waals surface area contributed by atoms with Crippen molar-refractivity contribution in [2.45, 2.75) is 17.9 Å². The molecule has 0 unspecified atom stereocenters. The van der Waals surface area contributed by atoms with Crippen LogP contribution >= 0.6 is 23.1 Å². The predicted molar refractivity (Wildman–Crippen MR) is 109 cm³/mol. The largest absolute Gasteiger partial charge is 0.497 e. The second-order valence-corrected chi connectivity index (χ2v) is 7.71. The smallest absolute Gasteiger partial charge is 0.249 e. The van der Waals surface area contributed by atoms with Crippen molar-refractivity contribution in [1.29, 1.82) is 0 Å². The minimum Gasteiger partial charge on any atom is -0.497 e. The maximum absolute atomic E-state index is 12.3. The SMILES string of the molecule is C=CCn1c(=NC(=O)CCSc2ccccc2)sc2cc(OC)ccc21. The molecule has 3 rings (SSSR count). The lowest BCUT2D eigenvalue weighted by molar-refractivity contribution is -0.117. The summed E-state index contributed by atoms with van der Waals surface area (Å²) in [6.07, 6.45) is 2.22. The van der Waals surface area contributed by atoms with E-state index in [9.17, 15) is 4.79 Å². The average molecular weight is 385 g/mol. The first-order valence-corrected chi connectivity index (χ1v) is 10.0. The van der Waals surface area contributed by atoms with Gasteiger partial charge in [0.25, 0.3) is 0 Å². The first kappa shape index (κ1) is 18.5. The zero-order valence-electron chi connectivity index (χ0n) is 14.6. The van der Waals surface area contributed by atoms with E-state index in [1.807, 2.05) is 59.2 Å². The van der Waals surface area contributed by atoms with Crippen LogP contribution in [0.4, 0.5) is 0 Å². The Kier molecular flexibility index (Phi) is 6.30. The van der Waals surface area contributed by atoms with Gasteiger partial charge in [0.05, 0.1) is 17.3 Å². The summed E-state index contributed by atoms with van der Waals surface area (Å²) in [7, 11) is 1.64. The van der Waals surface area contributed by atoms with Crippen LogP contribution in [0.25, 0.3) is 10.2 Å². The van der Waals surface area contributed by atoms with Crippen molar-refractivity contribution < 1.29 is 9.53 Å². The maximum Gasteiger partial charge on any atom is 0.249 e. The zero-order chi connectivity index (χ0) is 18.4. The summed E-state index contributed by atoms with van der Waals surface area (Å²) < 4.78 is 8.33. The number of allylic oxidation sites excluding steroid dienone is 1. The van der Waals surface area contributed by atoms with Gasteiger partial charge in [0, 0.05) is 23.6 Å². The van der Waals surface area contributed by atoms with Crippen LogP contribution in [0.2, 0.25) is 0 Å². The van der Waals surface area contributed by atoms with E-state index >= 15 is 0 Å². The van der Waals surface area contributed by atoms with Crippen molar-refractivity contribution in [1.82, 2.24) is 4.57 Å². The normalized spacial score (nSPS) is 11.7. The molecule has 3 aromatic rings. The van der Waals surface area contributed by atoms with Crippen LogP contribution < -0.4 is 9.54 Å². The Labute approximate surface area is 160 Å². The minimum atomic E-state index is -0.107. The number of ether oxygens (including phenoxy) is 1. The van der Waals surface area contributed by atoms with Crippen LogP contribution in [-0.4, -0.2) is 23.3 Å². The lowest BCUT2D eigenvalue weighted by Gasteiger charge is -2.02. The van der Waals surface area contributed by atoms with Gasteiger partial charge in [0.15, 0.2) is 4.80 Å². The van der Waals surface area contributed by atoms with Gasteiger partial charge in [-0.25, -0.2) is 0 Å². The fourth-order valence-corrected chi connectivity index (χ4v) is 4.45. The van der Waals surface area contributed by atoms with Crippen molar-refractivity contribution in [2.75, 3.05) is 12.9 Å². The van der Waals surface area contributed by atoms with Gasteiger partial charge in [0.2, 0.25) is 5.91 Å². The Hall–Kier alpha value is -2.31. The molecule has 0 aliphatic carbocycles. The van der Waals surface area contributed by atoms with Gasteiger partial charge in [-0.05, 0) is 30.3 Å². The third-order valence-corrected chi connectivity index (χ3v) is 5.80. The molecule has 0 N–H and O–H groups in total. The molecule has 1 amide bonds. The monoisotopic (exact) mass is 384 g/mol. The Morgan fingerprint density at radius 3 is 2.85 bits per heavy atom. The Morgan fingerprint density at radius 2 is 2.12 bits per heavy atom. The van der Waals surface area contributed by atoms with Crippen LogP contribution in [0.15, 0.2) is 71.1 Å². The van der Waals surface area contributed by atoms with Crippen LogP contribution in [0.5, 0.6) is 5.75 Å². The second-order valence-electron chi connectivity index (χ2n) is 5.53. The Balaban J connectivity index is 1.79. The highest BCUT2D eigenvalue weighted by molar-refractivity contribution is 7.99. The number of amides is 1. The van der Waals surface area contributed by atoms with E-state index in [1.165, 1.54) is 11.3 Å². The van der Waals surface area contributed by atoms with Crippen LogP contribution in [0.3, 0.4) is 0 Å². The molecule has 1 heterocycles. The topological polar surface area (TPSA) is 43.6 Å². The summed E-state index contributed by atoms with van der Waals surface area (Å²) in [5, 5.41) is 0. The summed E-state index contributed by atoms with van der Waals surface area (Å²) in [4.78, 5) is 18.5. The standard InChI is InChI=1S/C20H20N2O2S2/c1-3-12-22-17-10-9-15(24-2)14-18(17)26-20(22)21-19(23)11-13-25-16-7-5-4-6-8-16/h3-10,14H,1,11-13H2,2H3. The molecule has 1 aromatic heterocycles. The van der Waals surface area contributed by atoms with Crippen molar-refractivity contribution in [3.8, 4) is 5.75 Å². The van der Waals surface area contributed by atoms with E-state index in [-0.39, 0.29) is 5.91 Å². The van der Waals surface area contributed by atoms with Gasteiger partial charge in [0.1, 0.15) is 5.75 Å². The number of thiazole rings is 1. The van der Waals surface area contributed by atoms with Crippen molar-refractivity contribution >= 4 is 39.2 Å². The van der Waals surface area contributed by atoms with E-state index in [0.29, 0.717) is 23.5 Å². The molecule has 134 valence electrons. The molecule has 26 heavy (non-hydrogen) atoms. The van der Waals surface area contributed by atoms with E-state index in [4.69, 9.17) is 4.74 Å². The zero-order valence-corrected chi connectivity index (χ0v) is 16.2. The summed E-state index contributed by atoms with van der Waals surface area (Å²) >= 11 is 3.16. The molecule has 0 spiro atoms. The van der Waals surface area contributed by atoms with Gasteiger partial charge in [-0.15, -0.1) is 18.3 Å². The number of benzene rings is 2. The number of methoxy groups -OCH3 is 1. The first-order chi connectivity index (χ1) is 12.7. The minimum absolute atomic E-state index is 0.107. The van der Waals surface area contributed by atoms with Crippen molar-refractivity contribution in [3.63, 3.8) is 0 Å². The van der Waals surface area contributed by atoms with Gasteiger partial charge in [-0.1, -0.05) is 35.6 Å². The number of carbonyl (C=O) groups excluding carboxylic acids is 1. The molecule has 0 radical (unpaired) electrons. The summed E-state index contributed by atoms with van der Waals surface area (Å²) in [5.74, 6) is 1.40. The predicted octanol–water partition coefficient (Wildman–Crippen LogP) is 4.51. The fourth-order valence-electron chi connectivity index (χ4n) is 2.51. The molecule has 0 bridgehead atoms. The third-order valence-electron chi connectivity index (χ3n) is 3.75. The third kappa shape index (κ3) is 4.45. The maximum atomic E-state index is 12.3. The second kappa shape index (κ2) is 8.87. The van der Waals surface area contributed by atoms with E-state index < -0.39 is 0 Å². The summed E-state index contributed by atoms with van der Waals surface area (Å²) in [6.45, 7) is 4.42. The number of aromatic nitrogens is 1. The van der Waals surface area contributed by atoms with Gasteiger partial charge >= 0.3 is 0 Å². The molecule has 0 saturated heterocycles. The van der Waals surface area contributed by atoms with E-state index in [0.717, 1.165) is 20.9 Å².